The summed E-state index contributed by atoms with van der Waals surface area (Å²) in [5, 5.41) is 0. The molecule has 10 heteroatoms. The highest BCUT2D eigenvalue weighted by Gasteiger charge is 2.37. The number of anilines is 1. The van der Waals surface area contributed by atoms with Crippen LogP contribution in [0, 0.1) is 0 Å². The quantitative estimate of drug-likeness (QED) is 0.335. The number of esters is 1. The number of carbonyl (C=O) groups is 2. The summed E-state index contributed by atoms with van der Waals surface area (Å²) in [6.07, 6.45) is 1.64. The van der Waals surface area contributed by atoms with Crippen molar-refractivity contribution in [3.63, 3.8) is 0 Å². The summed E-state index contributed by atoms with van der Waals surface area (Å²) < 4.78 is 18.0. The number of fused-ring (bicyclic) bond motifs is 2. The maximum atomic E-state index is 14.2. The average Bonchev–Trinajstić information content (AvgIpc) is 3.40. The average molecular weight is 546 g/mol. The minimum atomic E-state index is -0.856. The number of hydrogen-bond acceptors (Lipinski definition) is 8. The van der Waals surface area contributed by atoms with Gasteiger partial charge in [-0.2, -0.15) is 0 Å². The van der Waals surface area contributed by atoms with E-state index in [1.807, 2.05) is 24.3 Å². The standard InChI is InChI=1S/C29H27N3O6S/c1-6-14-31-19-11-9-8-10-18(19)23(26(31)33)25-27(34)32-24(17-12-13-20(36-4)21(15-17)37-5)22(28(35)38-7-2)16(3)30-29(32)39-25/h6,8-13,15,24H,1,7,14H2,2-5H3/b25-23+/t24-/m0/s1. The third kappa shape index (κ3) is 4.17. The molecule has 0 saturated carbocycles. The number of rotatable bonds is 7. The molecule has 0 unspecified atom stereocenters. The van der Waals surface area contributed by atoms with Gasteiger partial charge in [-0.3, -0.25) is 14.2 Å². The first-order valence-electron chi connectivity index (χ1n) is 12.3. The van der Waals surface area contributed by atoms with E-state index in [2.05, 4.69) is 11.6 Å². The molecule has 2 aliphatic heterocycles. The molecule has 39 heavy (non-hydrogen) atoms. The van der Waals surface area contributed by atoms with E-state index in [0.717, 1.165) is 11.3 Å². The Morgan fingerprint density at radius 3 is 2.56 bits per heavy atom. The molecule has 1 amide bonds. The molecule has 3 heterocycles. The van der Waals surface area contributed by atoms with E-state index in [1.54, 1.807) is 43.0 Å². The van der Waals surface area contributed by atoms with Gasteiger partial charge in [-0.05, 0) is 37.6 Å². The van der Waals surface area contributed by atoms with Crippen LogP contribution in [0.15, 0.2) is 76.2 Å². The number of hydrogen-bond donors (Lipinski definition) is 0. The lowest BCUT2D eigenvalue weighted by molar-refractivity contribution is -0.139. The van der Waals surface area contributed by atoms with E-state index < -0.39 is 17.6 Å². The van der Waals surface area contributed by atoms with Crippen LogP contribution in [-0.4, -0.2) is 43.8 Å². The fourth-order valence-corrected chi connectivity index (χ4v) is 6.13. The van der Waals surface area contributed by atoms with Gasteiger partial charge < -0.3 is 19.1 Å². The summed E-state index contributed by atoms with van der Waals surface area (Å²) in [5.41, 5.74) is 2.53. The van der Waals surface area contributed by atoms with E-state index >= 15 is 0 Å². The Morgan fingerprint density at radius 1 is 1.13 bits per heavy atom. The second kappa shape index (κ2) is 10.4. The highest BCUT2D eigenvalue weighted by molar-refractivity contribution is 7.07. The zero-order valence-electron chi connectivity index (χ0n) is 22.0. The van der Waals surface area contributed by atoms with Gasteiger partial charge in [-0.1, -0.05) is 41.7 Å². The van der Waals surface area contributed by atoms with Crippen LogP contribution in [0.5, 0.6) is 11.5 Å². The van der Waals surface area contributed by atoms with Gasteiger partial charge in [-0.15, -0.1) is 6.58 Å². The summed E-state index contributed by atoms with van der Waals surface area (Å²) >= 11 is 1.12. The summed E-state index contributed by atoms with van der Waals surface area (Å²) in [6.45, 7) is 7.66. The van der Waals surface area contributed by atoms with Gasteiger partial charge in [0.1, 0.15) is 4.53 Å². The molecule has 2 aliphatic rings. The van der Waals surface area contributed by atoms with Crippen LogP contribution in [0.2, 0.25) is 0 Å². The van der Waals surface area contributed by atoms with Crippen molar-refractivity contribution >= 4 is 34.5 Å². The van der Waals surface area contributed by atoms with Crippen molar-refractivity contribution in [2.24, 2.45) is 4.99 Å². The van der Waals surface area contributed by atoms with Gasteiger partial charge in [0, 0.05) is 12.1 Å². The van der Waals surface area contributed by atoms with Crippen LogP contribution < -0.4 is 29.3 Å². The molecule has 0 N–H and O–H groups in total. The summed E-state index contributed by atoms with van der Waals surface area (Å²) in [4.78, 5) is 47.6. The Bertz CT molecular complexity index is 1730. The number of amides is 1. The highest BCUT2D eigenvalue weighted by Crippen LogP contribution is 2.37. The summed E-state index contributed by atoms with van der Waals surface area (Å²) in [5.74, 6) is 0.0868. The maximum Gasteiger partial charge on any atom is 0.338 e. The van der Waals surface area contributed by atoms with Crippen molar-refractivity contribution in [1.29, 1.82) is 0 Å². The van der Waals surface area contributed by atoms with Gasteiger partial charge >= 0.3 is 5.97 Å². The smallest absolute Gasteiger partial charge is 0.338 e. The number of ether oxygens (including phenoxy) is 3. The Balaban J connectivity index is 1.82. The molecule has 0 saturated heterocycles. The van der Waals surface area contributed by atoms with Gasteiger partial charge in [0.15, 0.2) is 16.3 Å². The minimum Gasteiger partial charge on any atom is -0.493 e. The first-order valence-corrected chi connectivity index (χ1v) is 13.1. The molecule has 0 radical (unpaired) electrons. The first kappa shape index (κ1) is 26.2. The van der Waals surface area contributed by atoms with E-state index in [4.69, 9.17) is 14.2 Å². The van der Waals surface area contributed by atoms with Gasteiger partial charge in [0.05, 0.1) is 49.4 Å². The van der Waals surface area contributed by atoms with Crippen LogP contribution in [0.1, 0.15) is 31.0 Å². The molecular formula is C29H27N3O6S. The monoisotopic (exact) mass is 545 g/mol. The van der Waals surface area contributed by atoms with Crippen LogP contribution in [0.3, 0.4) is 0 Å². The minimum absolute atomic E-state index is 0.160. The Morgan fingerprint density at radius 2 is 1.87 bits per heavy atom. The van der Waals surface area contributed by atoms with Crippen LogP contribution in [-0.2, 0) is 14.3 Å². The number of thiazole rings is 1. The lowest BCUT2D eigenvalue weighted by atomic mass is 9.95. The number of allylic oxidation sites excluding steroid dienone is 1. The molecule has 0 spiro atoms. The molecule has 0 aliphatic carbocycles. The topological polar surface area (TPSA) is 99.4 Å². The lowest BCUT2D eigenvalue weighted by Gasteiger charge is -2.25. The third-order valence-electron chi connectivity index (χ3n) is 6.68. The van der Waals surface area contributed by atoms with Crippen molar-refractivity contribution in [3.8, 4) is 11.5 Å². The molecule has 200 valence electrons. The predicted octanol–water partition coefficient (Wildman–Crippen LogP) is 2.72. The molecule has 1 atom stereocenters. The number of aromatic nitrogens is 1. The molecule has 3 aromatic rings. The predicted molar refractivity (Wildman–Crippen MR) is 148 cm³/mol. The van der Waals surface area contributed by atoms with Gasteiger partial charge in [0.2, 0.25) is 0 Å². The SMILES string of the molecule is C=CCN1C(=O)/C(=c2/sc3n(c2=O)[C@@H](c2ccc(OC)c(OC)c2)C(C(=O)OCC)=C(C)N=3)c2ccccc21. The second-order valence-electron chi connectivity index (χ2n) is 8.83. The molecule has 1 aromatic heterocycles. The molecule has 5 rings (SSSR count). The Labute approximate surface area is 228 Å². The number of carbonyl (C=O) groups excluding carboxylic acids is 2. The first-order chi connectivity index (χ1) is 18.9. The molecule has 0 fully saturated rings. The van der Waals surface area contributed by atoms with Gasteiger partial charge in [0.25, 0.3) is 11.5 Å². The number of methoxy groups -OCH3 is 2. The largest absolute Gasteiger partial charge is 0.493 e. The third-order valence-corrected chi connectivity index (χ3v) is 7.73. The summed E-state index contributed by atoms with van der Waals surface area (Å²) in [6, 6.07) is 11.7. The maximum absolute atomic E-state index is 14.2. The number of nitrogens with zero attached hydrogens (tertiary/aromatic N) is 3. The van der Waals surface area contributed by atoms with Gasteiger partial charge in [-0.25, -0.2) is 9.79 Å². The van der Waals surface area contributed by atoms with Crippen molar-refractivity contribution in [1.82, 2.24) is 4.57 Å². The van der Waals surface area contributed by atoms with Crippen molar-refractivity contribution in [2.45, 2.75) is 19.9 Å². The van der Waals surface area contributed by atoms with E-state index in [1.165, 1.54) is 18.8 Å². The Kier molecular flexibility index (Phi) is 6.96. The van der Waals surface area contributed by atoms with Crippen LogP contribution in [0.25, 0.3) is 5.57 Å². The highest BCUT2D eigenvalue weighted by atomic mass is 32.1. The van der Waals surface area contributed by atoms with Crippen LogP contribution >= 0.6 is 11.3 Å². The normalized spacial score (nSPS) is 17.4. The van der Waals surface area contributed by atoms with Crippen molar-refractivity contribution in [2.75, 3.05) is 32.3 Å². The molecular weight excluding hydrogens is 518 g/mol. The Hall–Kier alpha value is -4.44. The fourth-order valence-electron chi connectivity index (χ4n) is 4.99. The number of benzene rings is 2. The van der Waals surface area contributed by atoms with Crippen molar-refractivity contribution in [3.05, 3.63) is 97.2 Å². The van der Waals surface area contributed by atoms with E-state index in [-0.39, 0.29) is 22.6 Å². The zero-order valence-corrected chi connectivity index (χ0v) is 22.8. The van der Waals surface area contributed by atoms with E-state index in [0.29, 0.717) is 50.9 Å². The summed E-state index contributed by atoms with van der Waals surface area (Å²) in [7, 11) is 3.04. The van der Waals surface area contributed by atoms with E-state index in [9.17, 15) is 14.4 Å². The van der Waals surface area contributed by atoms with Crippen LogP contribution in [0.4, 0.5) is 5.69 Å². The molecule has 0 bridgehead atoms. The second-order valence-corrected chi connectivity index (χ2v) is 9.81. The molecule has 9 nitrogen and oxygen atoms in total. The lowest BCUT2D eigenvalue weighted by Crippen LogP contribution is -2.41. The zero-order chi connectivity index (χ0) is 27.8. The molecule has 2 aromatic carbocycles. The fraction of sp³-hybridized carbons (Fsp3) is 0.241. The van der Waals surface area contributed by atoms with Crippen molar-refractivity contribution < 1.29 is 23.8 Å². The number of para-hydroxylation sites is 1.